The van der Waals surface area contributed by atoms with Crippen LogP contribution >= 0.6 is 0 Å². The Morgan fingerprint density at radius 3 is 2.90 bits per heavy atom. The number of carbonyl (C=O) groups excluding carboxylic acids is 3. The van der Waals surface area contributed by atoms with Gasteiger partial charge in [0.1, 0.15) is 17.5 Å². The van der Waals surface area contributed by atoms with Crippen LogP contribution in [0.1, 0.15) is 37.0 Å². The number of nitriles is 1. The van der Waals surface area contributed by atoms with Crippen molar-refractivity contribution in [2.24, 2.45) is 5.92 Å². The highest BCUT2D eigenvalue weighted by Crippen LogP contribution is 2.33. The van der Waals surface area contributed by atoms with Crippen molar-refractivity contribution < 1.29 is 29.0 Å². The Hall–Kier alpha value is -4.21. The highest BCUT2D eigenvalue weighted by atomic mass is 16.6. The highest BCUT2D eigenvalue weighted by Gasteiger charge is 2.34. The molecule has 2 aliphatic heterocycles. The van der Waals surface area contributed by atoms with Crippen LogP contribution in [0.3, 0.4) is 0 Å². The SMILES string of the molecule is CC(C)(O)C(=O)Nc1cc(C#N)c2c(c1)CC(CNCCC1CN(c3ccc4c(n3)NC(=O)CO4)C(=O)O1)C2. The third-order valence-corrected chi connectivity index (χ3v) is 6.96. The van der Waals surface area contributed by atoms with Gasteiger partial charge in [-0.2, -0.15) is 5.26 Å². The first-order valence-corrected chi connectivity index (χ1v) is 12.8. The molecule has 1 aromatic carbocycles. The lowest BCUT2D eigenvalue weighted by Gasteiger charge is -2.19. The Kier molecular flexibility index (Phi) is 7.12. The number of hydrogen-bond acceptors (Lipinski definition) is 9. The maximum Gasteiger partial charge on any atom is 0.415 e. The zero-order valence-corrected chi connectivity index (χ0v) is 21.7. The van der Waals surface area contributed by atoms with Crippen LogP contribution in [0.15, 0.2) is 24.3 Å². The summed E-state index contributed by atoms with van der Waals surface area (Å²) in [5.74, 6) is 0.578. The minimum Gasteiger partial charge on any atom is -0.480 e. The summed E-state index contributed by atoms with van der Waals surface area (Å²) >= 11 is 0. The summed E-state index contributed by atoms with van der Waals surface area (Å²) in [5, 5.41) is 28.3. The number of cyclic esters (lactones) is 1. The molecule has 12 nitrogen and oxygen atoms in total. The molecule has 1 saturated heterocycles. The molecule has 3 heterocycles. The lowest BCUT2D eigenvalue weighted by molar-refractivity contribution is -0.130. The molecule has 1 aliphatic carbocycles. The quantitative estimate of drug-likeness (QED) is 0.369. The molecule has 0 radical (unpaired) electrons. The molecular formula is C27H30N6O6. The second-order valence-corrected chi connectivity index (χ2v) is 10.5. The van der Waals surface area contributed by atoms with Crippen molar-refractivity contribution in [3.05, 3.63) is 41.0 Å². The van der Waals surface area contributed by atoms with Crippen molar-refractivity contribution in [3.8, 4) is 11.8 Å². The van der Waals surface area contributed by atoms with Gasteiger partial charge < -0.3 is 30.5 Å². The van der Waals surface area contributed by atoms with E-state index >= 15 is 0 Å². The van der Waals surface area contributed by atoms with Crippen LogP contribution in [-0.2, 0) is 27.2 Å². The molecule has 0 bridgehead atoms. The number of aliphatic hydroxyl groups is 1. The van der Waals surface area contributed by atoms with Crippen LogP contribution in [0.2, 0.25) is 0 Å². The number of nitrogens with one attached hydrogen (secondary N) is 3. The summed E-state index contributed by atoms with van der Waals surface area (Å²) in [6.45, 7) is 4.46. The molecule has 0 spiro atoms. The molecule has 0 saturated carbocycles. The van der Waals surface area contributed by atoms with Gasteiger partial charge in [0, 0.05) is 5.69 Å². The number of amides is 3. The third-order valence-electron chi connectivity index (χ3n) is 6.96. The summed E-state index contributed by atoms with van der Waals surface area (Å²) in [7, 11) is 0. The largest absolute Gasteiger partial charge is 0.480 e. The Morgan fingerprint density at radius 2 is 2.13 bits per heavy atom. The van der Waals surface area contributed by atoms with E-state index in [4.69, 9.17) is 9.47 Å². The van der Waals surface area contributed by atoms with E-state index in [-0.39, 0.29) is 30.4 Å². The number of rotatable bonds is 8. The van der Waals surface area contributed by atoms with Crippen molar-refractivity contribution in [3.63, 3.8) is 0 Å². The molecule has 2 aromatic rings. The first-order valence-electron chi connectivity index (χ1n) is 12.8. The molecule has 5 rings (SSSR count). The van der Waals surface area contributed by atoms with E-state index in [1.54, 1.807) is 18.2 Å². The summed E-state index contributed by atoms with van der Waals surface area (Å²) < 4.78 is 10.8. The molecule has 2 unspecified atom stereocenters. The lowest BCUT2D eigenvalue weighted by Crippen LogP contribution is -2.36. The van der Waals surface area contributed by atoms with Gasteiger partial charge in [-0.1, -0.05) is 0 Å². The smallest absolute Gasteiger partial charge is 0.415 e. The zero-order valence-electron chi connectivity index (χ0n) is 21.7. The van der Waals surface area contributed by atoms with E-state index in [0.717, 1.165) is 30.5 Å². The van der Waals surface area contributed by atoms with Gasteiger partial charge >= 0.3 is 6.09 Å². The fraction of sp³-hybridized carbons (Fsp3) is 0.444. The summed E-state index contributed by atoms with van der Waals surface area (Å²) in [6.07, 6.45) is 1.34. The number of carbonyl (C=O) groups is 3. The number of aromatic nitrogens is 1. The molecule has 204 valence electrons. The summed E-state index contributed by atoms with van der Waals surface area (Å²) in [4.78, 5) is 42.0. The van der Waals surface area contributed by atoms with Crippen LogP contribution in [0.4, 0.5) is 22.1 Å². The fourth-order valence-corrected chi connectivity index (χ4v) is 4.96. The molecule has 3 aliphatic rings. The normalized spacial score (nSPS) is 19.9. The molecule has 3 amide bonds. The van der Waals surface area contributed by atoms with Gasteiger partial charge in [0.25, 0.3) is 11.8 Å². The molecule has 2 atom stereocenters. The fourth-order valence-electron chi connectivity index (χ4n) is 4.96. The predicted molar refractivity (Wildman–Crippen MR) is 140 cm³/mol. The molecule has 39 heavy (non-hydrogen) atoms. The Morgan fingerprint density at radius 1 is 1.31 bits per heavy atom. The van der Waals surface area contributed by atoms with E-state index in [1.807, 2.05) is 6.07 Å². The molecule has 1 aromatic heterocycles. The first-order chi connectivity index (χ1) is 18.6. The van der Waals surface area contributed by atoms with Crippen molar-refractivity contribution in [1.29, 1.82) is 5.26 Å². The number of benzene rings is 1. The van der Waals surface area contributed by atoms with E-state index in [9.17, 15) is 24.8 Å². The first kappa shape index (κ1) is 26.4. The van der Waals surface area contributed by atoms with Crippen LogP contribution in [-0.4, -0.2) is 65.9 Å². The Balaban J connectivity index is 1.11. The van der Waals surface area contributed by atoms with Gasteiger partial charge in [-0.15, -0.1) is 0 Å². The summed E-state index contributed by atoms with van der Waals surface area (Å²) in [6, 6.07) is 9.08. The standard InChI is InChI=1S/C27H30N6O6/c1-27(2,37)25(35)30-18-9-16-7-15(8-20(16)17(10-18)11-28)12-29-6-5-19-13-33(26(36)39-19)22-4-3-21-24(31-22)32-23(34)14-38-21/h3-4,9-10,15,19,29,37H,5-8,12-14H2,1-2H3,(H,30,35)(H,31,32,34). The monoisotopic (exact) mass is 534 g/mol. The Labute approximate surface area is 225 Å². The topological polar surface area (TPSA) is 166 Å². The maximum atomic E-state index is 12.5. The molecular weight excluding hydrogens is 504 g/mol. The maximum absolute atomic E-state index is 12.5. The van der Waals surface area contributed by atoms with Crippen LogP contribution < -0.4 is 25.6 Å². The van der Waals surface area contributed by atoms with Crippen molar-refractivity contribution in [2.75, 3.05) is 41.8 Å². The average molecular weight is 535 g/mol. The van der Waals surface area contributed by atoms with Crippen LogP contribution in [0.25, 0.3) is 0 Å². The zero-order chi connectivity index (χ0) is 27.7. The number of ether oxygens (including phenoxy) is 2. The predicted octanol–water partition coefficient (Wildman–Crippen LogP) is 1.71. The van der Waals surface area contributed by atoms with Gasteiger partial charge in [-0.05, 0) is 87.5 Å². The van der Waals surface area contributed by atoms with Gasteiger partial charge in [-0.3, -0.25) is 14.5 Å². The van der Waals surface area contributed by atoms with Crippen molar-refractivity contribution in [1.82, 2.24) is 10.3 Å². The van der Waals surface area contributed by atoms with E-state index < -0.39 is 17.6 Å². The van der Waals surface area contributed by atoms with Gasteiger partial charge in [0.15, 0.2) is 18.2 Å². The van der Waals surface area contributed by atoms with Crippen LogP contribution in [0, 0.1) is 17.2 Å². The average Bonchev–Trinajstić information content (AvgIpc) is 3.47. The molecule has 4 N–H and O–H groups in total. The third kappa shape index (κ3) is 5.79. The number of pyridine rings is 1. The van der Waals surface area contributed by atoms with Gasteiger partial charge in [0.2, 0.25) is 0 Å². The number of hydrogen-bond donors (Lipinski definition) is 4. The van der Waals surface area contributed by atoms with E-state index in [2.05, 4.69) is 27.0 Å². The number of anilines is 3. The van der Waals surface area contributed by atoms with Crippen LogP contribution in [0.5, 0.6) is 5.75 Å². The van der Waals surface area contributed by atoms with E-state index in [1.165, 1.54) is 18.7 Å². The second kappa shape index (κ2) is 10.5. The second-order valence-electron chi connectivity index (χ2n) is 10.5. The molecule has 12 heteroatoms. The van der Waals surface area contributed by atoms with Crippen molar-refractivity contribution >= 4 is 35.2 Å². The van der Waals surface area contributed by atoms with Gasteiger partial charge in [0.05, 0.1) is 18.2 Å². The highest BCUT2D eigenvalue weighted by molar-refractivity contribution is 5.97. The van der Waals surface area contributed by atoms with Crippen molar-refractivity contribution in [2.45, 2.75) is 44.8 Å². The van der Waals surface area contributed by atoms with Gasteiger partial charge in [-0.25, -0.2) is 9.78 Å². The summed E-state index contributed by atoms with van der Waals surface area (Å²) in [5.41, 5.74) is 1.52. The minimum absolute atomic E-state index is 0.0658. The minimum atomic E-state index is -1.52. The lowest BCUT2D eigenvalue weighted by atomic mass is 10.0. The molecule has 1 fully saturated rings. The number of nitrogens with zero attached hydrogens (tertiary/aromatic N) is 3. The number of fused-ring (bicyclic) bond motifs is 2. The van der Waals surface area contributed by atoms with E-state index in [0.29, 0.717) is 42.3 Å². The Bertz CT molecular complexity index is 1360.